The van der Waals surface area contributed by atoms with E-state index in [1.165, 1.54) is 0 Å². The average molecular weight is 435 g/mol. The number of ketones is 1. The van der Waals surface area contributed by atoms with Crippen molar-refractivity contribution in [2.75, 3.05) is 38.0 Å². The molecule has 0 N–H and O–H groups in total. The summed E-state index contributed by atoms with van der Waals surface area (Å²) in [4.78, 5) is 18.4. The molecule has 3 heteroatoms. The summed E-state index contributed by atoms with van der Waals surface area (Å²) in [7, 11) is 8.12. The number of anilines is 2. The maximum absolute atomic E-state index is 14.2. The largest absolute Gasteiger partial charge is 0.376 e. The Labute approximate surface area is 196 Å². The van der Waals surface area contributed by atoms with Crippen molar-refractivity contribution >= 4 is 17.2 Å². The van der Waals surface area contributed by atoms with E-state index in [9.17, 15) is 4.79 Å². The van der Waals surface area contributed by atoms with Gasteiger partial charge in [0.1, 0.15) is 0 Å². The summed E-state index contributed by atoms with van der Waals surface area (Å²) in [5.74, 6) is 0.0263. The Hall–Kier alpha value is -3.85. The van der Waals surface area contributed by atoms with Crippen molar-refractivity contribution in [3.63, 3.8) is 0 Å². The molecule has 0 aliphatic carbocycles. The molecule has 4 rings (SSSR count). The van der Waals surface area contributed by atoms with Crippen LogP contribution in [0.1, 0.15) is 21.5 Å². The second kappa shape index (κ2) is 9.33. The number of benzene rings is 4. The van der Waals surface area contributed by atoms with Crippen LogP contribution in [0.4, 0.5) is 11.4 Å². The van der Waals surface area contributed by atoms with Crippen molar-refractivity contribution in [2.24, 2.45) is 0 Å². The molecule has 0 amide bonds. The topological polar surface area (TPSA) is 23.6 Å². The first-order valence-electron chi connectivity index (χ1n) is 11.2. The molecular weight excluding hydrogens is 404 g/mol. The normalized spacial score (nSPS) is 10.7. The molecule has 0 bridgehead atoms. The molecule has 3 nitrogen and oxygen atoms in total. The van der Waals surface area contributed by atoms with Crippen LogP contribution in [0.2, 0.25) is 0 Å². The number of hydrogen-bond acceptors (Lipinski definition) is 3. The van der Waals surface area contributed by atoms with Crippen LogP contribution in [0.15, 0.2) is 91.0 Å². The molecule has 0 aromatic heterocycles. The molecule has 0 fully saturated rings. The lowest BCUT2D eigenvalue weighted by Gasteiger charge is -2.31. The van der Waals surface area contributed by atoms with Crippen molar-refractivity contribution in [3.8, 4) is 22.3 Å². The molecule has 33 heavy (non-hydrogen) atoms. The Bertz CT molecular complexity index is 1260. The predicted molar refractivity (Wildman–Crippen MR) is 141 cm³/mol. The lowest BCUT2D eigenvalue weighted by Crippen LogP contribution is -2.23. The third-order valence-electron chi connectivity index (χ3n) is 5.97. The van der Waals surface area contributed by atoms with E-state index in [4.69, 9.17) is 0 Å². The number of rotatable bonds is 6. The van der Waals surface area contributed by atoms with E-state index in [0.717, 1.165) is 44.8 Å². The fourth-order valence-electron chi connectivity index (χ4n) is 4.64. The minimum atomic E-state index is 0.0263. The third-order valence-corrected chi connectivity index (χ3v) is 5.97. The Balaban J connectivity index is 2.24. The second-order valence-electron chi connectivity index (χ2n) is 8.66. The van der Waals surface area contributed by atoms with Crippen LogP contribution in [-0.2, 0) is 0 Å². The van der Waals surface area contributed by atoms with E-state index in [1.807, 2.05) is 82.8 Å². The predicted octanol–water partition coefficient (Wildman–Crippen LogP) is 6.69. The number of nitrogens with zero attached hydrogens (tertiary/aromatic N) is 2. The van der Waals surface area contributed by atoms with Crippen LogP contribution < -0.4 is 9.80 Å². The third kappa shape index (κ3) is 4.14. The molecule has 0 saturated heterocycles. The van der Waals surface area contributed by atoms with Gasteiger partial charge in [-0.1, -0.05) is 91.0 Å². The maximum atomic E-state index is 14.2. The quantitative estimate of drug-likeness (QED) is 0.316. The Morgan fingerprint density at radius 1 is 0.576 bits per heavy atom. The first-order valence-corrected chi connectivity index (χ1v) is 11.2. The van der Waals surface area contributed by atoms with E-state index in [-0.39, 0.29) is 5.78 Å². The fraction of sp³-hybridized carbons (Fsp3) is 0.167. The van der Waals surface area contributed by atoms with Gasteiger partial charge in [0.05, 0.1) is 16.9 Å². The summed E-state index contributed by atoms with van der Waals surface area (Å²) < 4.78 is 0. The Kier molecular flexibility index (Phi) is 6.32. The monoisotopic (exact) mass is 434 g/mol. The average Bonchev–Trinajstić information content (AvgIpc) is 2.84. The van der Waals surface area contributed by atoms with Crippen molar-refractivity contribution < 1.29 is 4.79 Å². The number of carbonyl (C=O) groups excluding carboxylic acids is 1. The molecule has 166 valence electrons. The zero-order chi connectivity index (χ0) is 23.5. The van der Waals surface area contributed by atoms with Gasteiger partial charge in [0.2, 0.25) is 0 Å². The van der Waals surface area contributed by atoms with Crippen molar-refractivity contribution in [2.45, 2.75) is 6.92 Å². The van der Waals surface area contributed by atoms with Gasteiger partial charge in [0.15, 0.2) is 5.78 Å². The van der Waals surface area contributed by atoms with Crippen molar-refractivity contribution in [1.82, 2.24) is 0 Å². The van der Waals surface area contributed by atoms with E-state index >= 15 is 0 Å². The molecule has 0 aliphatic heterocycles. The fourth-order valence-corrected chi connectivity index (χ4v) is 4.64. The summed E-state index contributed by atoms with van der Waals surface area (Å²) >= 11 is 0. The summed E-state index contributed by atoms with van der Waals surface area (Å²) in [5.41, 5.74) is 8.76. The molecular formula is C30H30N2O. The van der Waals surface area contributed by atoms with Crippen LogP contribution in [-0.4, -0.2) is 34.0 Å². The van der Waals surface area contributed by atoms with E-state index < -0.39 is 0 Å². The molecule has 4 aromatic rings. The van der Waals surface area contributed by atoms with E-state index in [2.05, 4.69) is 53.1 Å². The van der Waals surface area contributed by atoms with E-state index in [1.54, 1.807) is 0 Å². The molecule has 0 radical (unpaired) electrons. The summed E-state index contributed by atoms with van der Waals surface area (Å²) in [6.07, 6.45) is 0. The van der Waals surface area contributed by atoms with Crippen LogP contribution in [0.25, 0.3) is 22.3 Å². The van der Waals surface area contributed by atoms with Gasteiger partial charge in [-0.25, -0.2) is 0 Å². The van der Waals surface area contributed by atoms with Gasteiger partial charge in [0.25, 0.3) is 0 Å². The SMILES string of the molecule is Cc1c(-c2ccccc2)c(-c2ccccc2)c(C(=O)c2ccccc2)c(N(C)C)c1N(C)C. The molecule has 0 saturated carbocycles. The summed E-state index contributed by atoms with van der Waals surface area (Å²) in [6.45, 7) is 2.16. The highest BCUT2D eigenvalue weighted by molar-refractivity contribution is 6.20. The molecule has 0 spiro atoms. The zero-order valence-electron chi connectivity index (χ0n) is 20.0. The second-order valence-corrected chi connectivity index (χ2v) is 8.66. The lowest BCUT2D eigenvalue weighted by atomic mass is 9.82. The molecule has 0 aliphatic rings. The number of hydrogen-bond donors (Lipinski definition) is 0. The highest BCUT2D eigenvalue weighted by Gasteiger charge is 2.29. The summed E-state index contributed by atoms with van der Waals surface area (Å²) in [6, 6.07) is 30.2. The van der Waals surface area contributed by atoms with Crippen LogP contribution in [0.5, 0.6) is 0 Å². The highest BCUT2D eigenvalue weighted by Crippen LogP contribution is 2.48. The van der Waals surface area contributed by atoms with Gasteiger partial charge < -0.3 is 9.80 Å². The van der Waals surface area contributed by atoms with E-state index in [0.29, 0.717) is 5.56 Å². The minimum Gasteiger partial charge on any atom is -0.376 e. The van der Waals surface area contributed by atoms with Crippen LogP contribution in [0, 0.1) is 6.92 Å². The van der Waals surface area contributed by atoms with Crippen LogP contribution in [0.3, 0.4) is 0 Å². The first-order chi connectivity index (χ1) is 15.9. The highest BCUT2D eigenvalue weighted by atomic mass is 16.1. The molecule has 4 aromatic carbocycles. The molecule has 0 atom stereocenters. The van der Waals surface area contributed by atoms with Crippen LogP contribution >= 0.6 is 0 Å². The maximum Gasteiger partial charge on any atom is 0.195 e. The van der Waals surface area contributed by atoms with Gasteiger partial charge in [-0.05, 0) is 29.2 Å². The van der Waals surface area contributed by atoms with Crippen molar-refractivity contribution in [1.29, 1.82) is 0 Å². The molecule has 0 heterocycles. The van der Waals surface area contributed by atoms with Gasteiger partial charge in [0, 0.05) is 39.3 Å². The van der Waals surface area contributed by atoms with Gasteiger partial charge in [-0.3, -0.25) is 4.79 Å². The smallest absolute Gasteiger partial charge is 0.195 e. The van der Waals surface area contributed by atoms with Gasteiger partial charge in [-0.15, -0.1) is 0 Å². The summed E-state index contributed by atoms with van der Waals surface area (Å²) in [5, 5.41) is 0. The standard InChI is InChI=1S/C30H30N2O/c1-21-25(22-15-9-6-10-16-22)26(23-17-11-7-12-18-23)27(29(32(4)5)28(21)31(2)3)30(33)24-19-13-8-14-20-24/h6-20H,1-5H3. The van der Waals surface area contributed by atoms with Gasteiger partial charge in [-0.2, -0.15) is 0 Å². The minimum absolute atomic E-state index is 0.0263. The Morgan fingerprint density at radius 3 is 1.45 bits per heavy atom. The first kappa shape index (κ1) is 22.3. The number of carbonyl (C=O) groups is 1. The lowest BCUT2D eigenvalue weighted by molar-refractivity contribution is 0.104. The molecule has 0 unspecified atom stereocenters. The Morgan fingerprint density at radius 2 is 1.00 bits per heavy atom. The zero-order valence-corrected chi connectivity index (χ0v) is 20.0. The van der Waals surface area contributed by atoms with Crippen molar-refractivity contribution in [3.05, 3.63) is 108 Å². The van der Waals surface area contributed by atoms with Gasteiger partial charge >= 0.3 is 0 Å².